The van der Waals surface area contributed by atoms with Crippen molar-refractivity contribution in [2.45, 2.75) is 40.0 Å². The molecule has 0 radical (unpaired) electrons. The number of amides is 1. The predicted octanol–water partition coefficient (Wildman–Crippen LogP) is 4.74. The topological polar surface area (TPSA) is 62.0 Å². The van der Waals surface area contributed by atoms with Gasteiger partial charge in [-0.15, -0.1) is 0 Å². The Bertz CT molecular complexity index is 998. The molecule has 0 saturated carbocycles. The largest absolute Gasteiger partial charge is 0.320 e. The first kappa shape index (κ1) is 17.9. The van der Waals surface area contributed by atoms with Gasteiger partial charge in [0, 0.05) is 16.6 Å². The Morgan fingerprint density at radius 3 is 2.31 bits per heavy atom. The third-order valence-electron chi connectivity index (χ3n) is 4.76. The van der Waals surface area contributed by atoms with Crippen molar-refractivity contribution >= 4 is 22.4 Å². The number of hydrogen-bond donors (Lipinski definition) is 2. The summed E-state index contributed by atoms with van der Waals surface area (Å²) in [7, 11) is 0. The molecule has 1 aromatic heterocycles. The number of carbonyl (C=O) groups excluding carboxylic acids is 1. The van der Waals surface area contributed by atoms with Gasteiger partial charge in [-0.2, -0.15) is 0 Å². The first-order valence-electron chi connectivity index (χ1n) is 9.04. The fourth-order valence-electron chi connectivity index (χ4n) is 3.31. The number of hydrogen-bond acceptors (Lipinski definition) is 2. The van der Waals surface area contributed by atoms with Crippen LogP contribution in [0.1, 0.15) is 46.9 Å². The van der Waals surface area contributed by atoms with Crippen molar-refractivity contribution in [2.75, 3.05) is 5.32 Å². The maximum absolute atomic E-state index is 12.9. The SMILES string of the molecule is CCCCc1c(=O)[nH]c(C(=O)Nc2c(C)cccc2C)c2ccccc12. The van der Waals surface area contributed by atoms with E-state index in [9.17, 15) is 9.59 Å². The highest BCUT2D eigenvalue weighted by molar-refractivity contribution is 6.12. The highest BCUT2D eigenvalue weighted by atomic mass is 16.2. The van der Waals surface area contributed by atoms with Crippen LogP contribution < -0.4 is 10.9 Å². The molecule has 3 rings (SSSR count). The van der Waals surface area contributed by atoms with E-state index in [4.69, 9.17) is 0 Å². The molecule has 0 aliphatic carbocycles. The van der Waals surface area contributed by atoms with Crippen LogP contribution in [-0.4, -0.2) is 10.9 Å². The summed E-state index contributed by atoms with van der Waals surface area (Å²) in [4.78, 5) is 28.4. The van der Waals surface area contributed by atoms with Gasteiger partial charge in [-0.25, -0.2) is 0 Å². The molecule has 26 heavy (non-hydrogen) atoms. The Morgan fingerprint density at radius 1 is 1.00 bits per heavy atom. The molecule has 2 aromatic carbocycles. The number of para-hydroxylation sites is 1. The number of unbranched alkanes of at least 4 members (excludes halogenated alkanes) is 1. The van der Waals surface area contributed by atoms with Crippen LogP contribution in [0.15, 0.2) is 47.3 Å². The number of H-pyrrole nitrogens is 1. The fraction of sp³-hybridized carbons (Fsp3) is 0.273. The van der Waals surface area contributed by atoms with Crippen molar-refractivity contribution in [3.05, 3.63) is 75.2 Å². The van der Waals surface area contributed by atoms with Crippen molar-refractivity contribution in [1.29, 1.82) is 0 Å². The number of pyridine rings is 1. The van der Waals surface area contributed by atoms with E-state index in [1.54, 1.807) is 0 Å². The number of aromatic amines is 1. The quantitative estimate of drug-likeness (QED) is 0.699. The zero-order valence-electron chi connectivity index (χ0n) is 15.5. The van der Waals surface area contributed by atoms with Gasteiger partial charge in [0.1, 0.15) is 5.69 Å². The first-order chi connectivity index (χ1) is 12.5. The zero-order valence-corrected chi connectivity index (χ0v) is 15.5. The lowest BCUT2D eigenvalue weighted by molar-refractivity contribution is 0.102. The Hall–Kier alpha value is -2.88. The Balaban J connectivity index is 2.08. The van der Waals surface area contributed by atoms with Gasteiger partial charge in [-0.05, 0) is 43.2 Å². The second-order valence-electron chi connectivity index (χ2n) is 6.68. The van der Waals surface area contributed by atoms with Gasteiger partial charge in [-0.3, -0.25) is 9.59 Å². The van der Waals surface area contributed by atoms with E-state index in [1.807, 2.05) is 56.3 Å². The van der Waals surface area contributed by atoms with Crippen molar-refractivity contribution in [3.8, 4) is 0 Å². The summed E-state index contributed by atoms with van der Waals surface area (Å²) in [6.07, 6.45) is 2.68. The summed E-state index contributed by atoms with van der Waals surface area (Å²) in [6, 6.07) is 13.5. The van der Waals surface area contributed by atoms with E-state index in [2.05, 4.69) is 17.2 Å². The molecule has 0 spiro atoms. The van der Waals surface area contributed by atoms with Crippen molar-refractivity contribution in [1.82, 2.24) is 4.98 Å². The maximum atomic E-state index is 12.9. The van der Waals surface area contributed by atoms with Gasteiger partial charge in [0.2, 0.25) is 0 Å². The van der Waals surface area contributed by atoms with Gasteiger partial charge < -0.3 is 10.3 Å². The molecule has 0 aliphatic rings. The van der Waals surface area contributed by atoms with E-state index in [0.29, 0.717) is 12.1 Å². The van der Waals surface area contributed by atoms with Crippen LogP contribution >= 0.6 is 0 Å². The minimum atomic E-state index is -0.294. The lowest BCUT2D eigenvalue weighted by Crippen LogP contribution is -2.22. The van der Waals surface area contributed by atoms with Crippen molar-refractivity contribution < 1.29 is 4.79 Å². The molecule has 1 heterocycles. The van der Waals surface area contributed by atoms with Gasteiger partial charge in [0.25, 0.3) is 11.5 Å². The molecule has 3 aromatic rings. The summed E-state index contributed by atoms with van der Waals surface area (Å²) < 4.78 is 0. The van der Waals surface area contributed by atoms with E-state index in [0.717, 1.165) is 46.0 Å². The van der Waals surface area contributed by atoms with Gasteiger partial charge in [0.05, 0.1) is 0 Å². The summed E-state index contributed by atoms with van der Waals surface area (Å²) in [5.74, 6) is -0.294. The highest BCUT2D eigenvalue weighted by Crippen LogP contribution is 2.23. The Kier molecular flexibility index (Phi) is 5.21. The second kappa shape index (κ2) is 7.56. The van der Waals surface area contributed by atoms with E-state index >= 15 is 0 Å². The third-order valence-corrected chi connectivity index (χ3v) is 4.76. The van der Waals surface area contributed by atoms with Gasteiger partial charge in [0.15, 0.2) is 0 Å². The normalized spacial score (nSPS) is 10.9. The minimum absolute atomic E-state index is 0.177. The van der Waals surface area contributed by atoms with Crippen LogP contribution in [0.25, 0.3) is 10.8 Å². The molecule has 134 valence electrons. The molecule has 0 atom stereocenters. The monoisotopic (exact) mass is 348 g/mol. The average Bonchev–Trinajstić information content (AvgIpc) is 2.63. The first-order valence-corrected chi connectivity index (χ1v) is 9.04. The molecule has 1 amide bonds. The molecule has 0 unspecified atom stereocenters. The number of aryl methyl sites for hydroxylation is 3. The standard InChI is InChI=1S/C22H24N2O2/c1-4-5-11-18-16-12-6-7-13-17(16)20(24-21(18)25)22(26)23-19-14(2)9-8-10-15(19)3/h6-10,12-13H,4-5,11H2,1-3H3,(H,23,26)(H,24,25). The number of rotatable bonds is 5. The molecule has 4 nitrogen and oxygen atoms in total. The molecule has 0 aliphatic heterocycles. The zero-order chi connectivity index (χ0) is 18.7. The molecule has 4 heteroatoms. The highest BCUT2D eigenvalue weighted by Gasteiger charge is 2.17. The van der Waals surface area contributed by atoms with Crippen LogP contribution in [0, 0.1) is 13.8 Å². The fourth-order valence-corrected chi connectivity index (χ4v) is 3.31. The third kappa shape index (κ3) is 3.40. The molecule has 0 bridgehead atoms. The average molecular weight is 348 g/mol. The van der Waals surface area contributed by atoms with E-state index in [1.165, 1.54) is 0 Å². The number of aromatic nitrogens is 1. The maximum Gasteiger partial charge on any atom is 0.272 e. The van der Waals surface area contributed by atoms with Crippen LogP contribution in [0.3, 0.4) is 0 Å². The summed E-state index contributed by atoms with van der Waals surface area (Å²) in [6.45, 7) is 6.01. The lowest BCUT2D eigenvalue weighted by atomic mass is 10.0. The minimum Gasteiger partial charge on any atom is -0.320 e. The summed E-state index contributed by atoms with van der Waals surface area (Å²) in [5.41, 5.74) is 3.66. The van der Waals surface area contributed by atoms with Crippen molar-refractivity contribution in [3.63, 3.8) is 0 Å². The smallest absolute Gasteiger partial charge is 0.272 e. The molecule has 2 N–H and O–H groups in total. The van der Waals surface area contributed by atoms with Crippen LogP contribution in [0.2, 0.25) is 0 Å². The van der Waals surface area contributed by atoms with E-state index in [-0.39, 0.29) is 11.5 Å². The predicted molar refractivity (Wildman–Crippen MR) is 107 cm³/mol. The van der Waals surface area contributed by atoms with Gasteiger partial charge in [-0.1, -0.05) is 55.8 Å². The van der Waals surface area contributed by atoms with Crippen molar-refractivity contribution in [2.24, 2.45) is 0 Å². The number of anilines is 1. The summed E-state index contributed by atoms with van der Waals surface area (Å²) >= 11 is 0. The van der Waals surface area contributed by atoms with Crippen LogP contribution in [-0.2, 0) is 6.42 Å². The number of nitrogens with one attached hydrogen (secondary N) is 2. The number of benzene rings is 2. The Morgan fingerprint density at radius 2 is 1.65 bits per heavy atom. The summed E-state index contributed by atoms with van der Waals surface area (Å²) in [5, 5.41) is 4.61. The molecular formula is C22H24N2O2. The number of carbonyl (C=O) groups is 1. The second-order valence-corrected chi connectivity index (χ2v) is 6.68. The molecular weight excluding hydrogens is 324 g/mol. The van der Waals surface area contributed by atoms with Gasteiger partial charge >= 0.3 is 0 Å². The van der Waals surface area contributed by atoms with Crippen LogP contribution in [0.5, 0.6) is 0 Å². The number of fused-ring (bicyclic) bond motifs is 1. The lowest BCUT2D eigenvalue weighted by Gasteiger charge is -2.14. The van der Waals surface area contributed by atoms with E-state index < -0.39 is 0 Å². The van der Waals surface area contributed by atoms with Crippen LogP contribution in [0.4, 0.5) is 5.69 Å². The molecule has 0 fully saturated rings. The molecule has 0 saturated heterocycles. The Labute approximate surface area is 153 Å².